The molecule has 0 fully saturated rings. The Morgan fingerprint density at radius 1 is 1.17 bits per heavy atom. The Kier molecular flexibility index (Phi) is 5.16. The Hall–Kier alpha value is -2.33. The van der Waals surface area contributed by atoms with Crippen molar-refractivity contribution in [2.45, 2.75) is 26.2 Å². The number of hydrogen-bond donors (Lipinski definition) is 1. The zero-order valence-electron chi connectivity index (χ0n) is 13.6. The van der Waals surface area contributed by atoms with Crippen LogP contribution in [0.1, 0.15) is 30.9 Å². The van der Waals surface area contributed by atoms with E-state index in [0.717, 1.165) is 36.2 Å². The van der Waals surface area contributed by atoms with Crippen LogP contribution in [0.3, 0.4) is 0 Å². The topological polar surface area (TPSA) is 44.7 Å². The fraction of sp³-hybridized carbons (Fsp3) is 0.263. The van der Waals surface area contributed by atoms with E-state index in [1.54, 1.807) is 0 Å². The summed E-state index contributed by atoms with van der Waals surface area (Å²) in [5.74, 6) is 0. The normalized spacial score (nSPS) is 13.8. The number of amides is 2. The lowest BCUT2D eigenvalue weighted by Gasteiger charge is -2.13. The molecule has 2 aromatic rings. The summed E-state index contributed by atoms with van der Waals surface area (Å²) in [4.78, 5) is 12.3. The first-order valence-corrected chi connectivity index (χ1v) is 8.54. The molecule has 124 valence electrons. The molecule has 3 rings (SSSR count). The SMILES string of the molecule is CCCc1ccc(NC(=O)N2CCC(c3ccc(Cl)cc3)=N2)cc1. The van der Waals surface area contributed by atoms with Gasteiger partial charge in [-0.2, -0.15) is 5.10 Å². The molecule has 0 saturated carbocycles. The minimum absolute atomic E-state index is 0.206. The van der Waals surface area contributed by atoms with Crippen LogP contribution in [0.4, 0.5) is 10.5 Å². The zero-order valence-corrected chi connectivity index (χ0v) is 14.4. The van der Waals surface area contributed by atoms with Crippen LogP contribution in [-0.2, 0) is 6.42 Å². The van der Waals surface area contributed by atoms with Crippen molar-refractivity contribution in [2.75, 3.05) is 11.9 Å². The van der Waals surface area contributed by atoms with Crippen molar-refractivity contribution >= 4 is 29.0 Å². The van der Waals surface area contributed by atoms with Gasteiger partial charge < -0.3 is 5.32 Å². The number of hydrogen-bond acceptors (Lipinski definition) is 2. The molecule has 1 aliphatic rings. The number of anilines is 1. The van der Waals surface area contributed by atoms with Gasteiger partial charge >= 0.3 is 6.03 Å². The summed E-state index contributed by atoms with van der Waals surface area (Å²) < 4.78 is 0. The van der Waals surface area contributed by atoms with Gasteiger partial charge in [-0.15, -0.1) is 0 Å². The second-order valence-electron chi connectivity index (χ2n) is 5.80. The van der Waals surface area contributed by atoms with Crippen LogP contribution in [0.2, 0.25) is 5.02 Å². The first-order chi connectivity index (χ1) is 11.7. The maximum absolute atomic E-state index is 12.3. The summed E-state index contributed by atoms with van der Waals surface area (Å²) in [6.07, 6.45) is 2.90. The molecule has 0 bridgehead atoms. The Morgan fingerprint density at radius 3 is 2.54 bits per heavy atom. The molecule has 0 atom stereocenters. The zero-order chi connectivity index (χ0) is 16.9. The van der Waals surface area contributed by atoms with Gasteiger partial charge in [-0.1, -0.05) is 49.2 Å². The number of halogens is 1. The Morgan fingerprint density at radius 2 is 1.88 bits per heavy atom. The number of nitrogens with zero attached hydrogens (tertiary/aromatic N) is 2. The van der Waals surface area contributed by atoms with Gasteiger partial charge in [-0.3, -0.25) is 0 Å². The standard InChI is InChI=1S/C19H20ClN3O/c1-2-3-14-4-10-17(11-5-14)21-19(24)23-13-12-18(22-23)15-6-8-16(20)9-7-15/h4-11H,2-3,12-13H2,1H3,(H,21,24). The lowest BCUT2D eigenvalue weighted by Crippen LogP contribution is -2.28. The van der Waals surface area contributed by atoms with Gasteiger partial charge in [0.05, 0.1) is 12.3 Å². The van der Waals surface area contributed by atoms with E-state index in [1.807, 2.05) is 48.5 Å². The van der Waals surface area contributed by atoms with Crippen molar-refractivity contribution < 1.29 is 4.79 Å². The van der Waals surface area contributed by atoms with Gasteiger partial charge in [0.2, 0.25) is 0 Å². The van der Waals surface area contributed by atoms with Crippen molar-refractivity contribution in [2.24, 2.45) is 5.10 Å². The summed E-state index contributed by atoms with van der Waals surface area (Å²) in [6, 6.07) is 15.3. The van der Waals surface area contributed by atoms with E-state index in [4.69, 9.17) is 11.6 Å². The Bertz CT molecular complexity index is 738. The molecule has 0 aliphatic carbocycles. The molecule has 1 heterocycles. The number of urea groups is 1. The predicted molar refractivity (Wildman–Crippen MR) is 98.8 cm³/mol. The first kappa shape index (κ1) is 16.5. The molecule has 1 N–H and O–H groups in total. The number of nitrogens with one attached hydrogen (secondary N) is 1. The second-order valence-corrected chi connectivity index (χ2v) is 6.24. The number of benzene rings is 2. The molecular formula is C19H20ClN3O. The highest BCUT2D eigenvalue weighted by molar-refractivity contribution is 6.30. The first-order valence-electron chi connectivity index (χ1n) is 8.16. The van der Waals surface area contributed by atoms with Crippen molar-refractivity contribution in [1.29, 1.82) is 0 Å². The van der Waals surface area contributed by atoms with E-state index in [-0.39, 0.29) is 6.03 Å². The number of aryl methyl sites for hydroxylation is 1. The molecule has 2 amide bonds. The highest BCUT2D eigenvalue weighted by Gasteiger charge is 2.21. The number of hydrazone groups is 1. The van der Waals surface area contributed by atoms with Gasteiger partial charge in [0.15, 0.2) is 0 Å². The van der Waals surface area contributed by atoms with Gasteiger partial charge in [0.1, 0.15) is 0 Å². The van der Waals surface area contributed by atoms with Crippen molar-refractivity contribution in [1.82, 2.24) is 5.01 Å². The molecule has 0 radical (unpaired) electrons. The van der Waals surface area contributed by atoms with Crippen molar-refractivity contribution in [3.63, 3.8) is 0 Å². The average Bonchev–Trinajstić information content (AvgIpc) is 3.08. The van der Waals surface area contributed by atoms with E-state index in [2.05, 4.69) is 17.3 Å². The molecule has 0 saturated heterocycles. The quantitative estimate of drug-likeness (QED) is 0.841. The second kappa shape index (κ2) is 7.49. The molecule has 0 unspecified atom stereocenters. The Labute approximate surface area is 147 Å². The molecule has 4 nitrogen and oxygen atoms in total. The summed E-state index contributed by atoms with van der Waals surface area (Å²) in [5.41, 5.74) is 3.97. The summed E-state index contributed by atoms with van der Waals surface area (Å²) in [5, 5.41) is 9.49. The van der Waals surface area contributed by atoms with Crippen LogP contribution in [0, 0.1) is 0 Å². The number of carbonyl (C=O) groups is 1. The fourth-order valence-electron chi connectivity index (χ4n) is 2.68. The van der Waals surface area contributed by atoms with E-state index in [0.29, 0.717) is 11.6 Å². The third-order valence-electron chi connectivity index (χ3n) is 3.96. The molecule has 24 heavy (non-hydrogen) atoms. The molecule has 1 aliphatic heterocycles. The van der Waals surface area contributed by atoms with Crippen LogP contribution in [0.25, 0.3) is 0 Å². The van der Waals surface area contributed by atoms with Gasteiger partial charge in [-0.05, 0) is 41.8 Å². The molecular weight excluding hydrogens is 322 g/mol. The monoisotopic (exact) mass is 341 g/mol. The maximum Gasteiger partial charge on any atom is 0.342 e. The van der Waals surface area contributed by atoms with Crippen molar-refractivity contribution in [3.8, 4) is 0 Å². The van der Waals surface area contributed by atoms with E-state index >= 15 is 0 Å². The van der Waals surface area contributed by atoms with Crippen LogP contribution in [0.5, 0.6) is 0 Å². The summed E-state index contributed by atoms with van der Waals surface area (Å²) in [7, 11) is 0. The van der Waals surface area contributed by atoms with E-state index in [9.17, 15) is 4.79 Å². The lowest BCUT2D eigenvalue weighted by atomic mass is 10.1. The van der Waals surface area contributed by atoms with E-state index in [1.165, 1.54) is 10.6 Å². The molecule has 0 aromatic heterocycles. The highest BCUT2D eigenvalue weighted by Crippen LogP contribution is 2.18. The molecule has 5 heteroatoms. The maximum atomic E-state index is 12.3. The minimum Gasteiger partial charge on any atom is -0.306 e. The van der Waals surface area contributed by atoms with Crippen LogP contribution in [0.15, 0.2) is 53.6 Å². The molecule has 0 spiro atoms. The predicted octanol–water partition coefficient (Wildman–Crippen LogP) is 4.93. The third-order valence-corrected chi connectivity index (χ3v) is 4.21. The summed E-state index contributed by atoms with van der Waals surface area (Å²) in [6.45, 7) is 2.73. The Balaban J connectivity index is 1.64. The lowest BCUT2D eigenvalue weighted by molar-refractivity contribution is 0.219. The smallest absolute Gasteiger partial charge is 0.306 e. The molecule has 2 aromatic carbocycles. The highest BCUT2D eigenvalue weighted by atomic mass is 35.5. The number of rotatable bonds is 4. The van der Waals surface area contributed by atoms with Crippen LogP contribution >= 0.6 is 11.6 Å². The summed E-state index contributed by atoms with van der Waals surface area (Å²) >= 11 is 5.90. The average molecular weight is 342 g/mol. The largest absolute Gasteiger partial charge is 0.342 e. The van der Waals surface area contributed by atoms with Crippen LogP contribution in [-0.4, -0.2) is 23.3 Å². The number of carbonyl (C=O) groups excluding carboxylic acids is 1. The van der Waals surface area contributed by atoms with Gasteiger partial charge in [0, 0.05) is 17.1 Å². The van der Waals surface area contributed by atoms with Gasteiger partial charge in [0.25, 0.3) is 0 Å². The van der Waals surface area contributed by atoms with E-state index < -0.39 is 0 Å². The van der Waals surface area contributed by atoms with Crippen LogP contribution < -0.4 is 5.32 Å². The minimum atomic E-state index is -0.206. The van der Waals surface area contributed by atoms with Crippen molar-refractivity contribution in [3.05, 3.63) is 64.7 Å². The fourth-order valence-corrected chi connectivity index (χ4v) is 2.81. The van der Waals surface area contributed by atoms with Gasteiger partial charge in [-0.25, -0.2) is 9.80 Å². The third kappa shape index (κ3) is 3.95.